The molecule has 0 amide bonds. The van der Waals surface area contributed by atoms with Crippen LogP contribution in [-0.2, 0) is 0 Å². The summed E-state index contributed by atoms with van der Waals surface area (Å²) in [4.78, 5) is 0. The number of ether oxygens (including phenoxy) is 1. The molecular weight excluding hydrogens is 394 g/mol. The van der Waals surface area contributed by atoms with Gasteiger partial charge in [-0.2, -0.15) is 0 Å². The van der Waals surface area contributed by atoms with Crippen molar-refractivity contribution in [1.82, 2.24) is 5.32 Å². The van der Waals surface area contributed by atoms with Gasteiger partial charge in [0.25, 0.3) is 0 Å². The van der Waals surface area contributed by atoms with Gasteiger partial charge in [-0.05, 0) is 62.2 Å². The molecule has 0 atom stereocenters. The van der Waals surface area contributed by atoms with Gasteiger partial charge in [0, 0.05) is 22.1 Å². The van der Waals surface area contributed by atoms with Crippen molar-refractivity contribution in [1.29, 1.82) is 0 Å². The lowest BCUT2D eigenvalue weighted by Gasteiger charge is -2.21. The number of hydrogen-bond acceptors (Lipinski definition) is 2. The van der Waals surface area contributed by atoms with E-state index in [-0.39, 0.29) is 5.54 Å². The molecule has 0 aliphatic heterocycles. The first-order valence-electron chi connectivity index (χ1n) is 7.33. The largest absolute Gasteiger partial charge is 0.492 e. The average molecular weight is 419 g/mol. The third-order valence-electron chi connectivity index (χ3n) is 2.99. The van der Waals surface area contributed by atoms with Gasteiger partial charge >= 0.3 is 0 Å². The maximum atomic E-state index is 5.78. The molecule has 0 aromatic heterocycles. The van der Waals surface area contributed by atoms with Crippen molar-refractivity contribution in [2.45, 2.75) is 46.6 Å². The Hall–Kier alpha value is -0.320. The molecule has 1 aromatic rings. The van der Waals surface area contributed by atoms with Crippen molar-refractivity contribution in [3.63, 3.8) is 0 Å². The van der Waals surface area contributed by atoms with Crippen molar-refractivity contribution >= 4 is 37.9 Å². The third-order valence-corrected chi connectivity index (χ3v) is 4.03. The third kappa shape index (κ3) is 6.54. The number of rotatable bonds is 6. The first-order chi connectivity index (χ1) is 9.76. The van der Waals surface area contributed by atoms with E-state index in [4.69, 9.17) is 4.74 Å². The molecule has 4 heteroatoms. The summed E-state index contributed by atoms with van der Waals surface area (Å²) in [5.41, 5.74) is 2.58. The fourth-order valence-corrected chi connectivity index (χ4v) is 3.23. The summed E-state index contributed by atoms with van der Waals surface area (Å²) in [5.74, 6) is 0.905. The van der Waals surface area contributed by atoms with Gasteiger partial charge in [0.15, 0.2) is 0 Å². The van der Waals surface area contributed by atoms with E-state index >= 15 is 0 Å². The lowest BCUT2D eigenvalue weighted by atomic mass is 10.0. The molecular formula is C17H25Br2NO. The molecule has 21 heavy (non-hydrogen) atoms. The highest BCUT2D eigenvalue weighted by Crippen LogP contribution is 2.34. The van der Waals surface area contributed by atoms with Crippen LogP contribution in [0, 0.1) is 0 Å². The maximum Gasteiger partial charge on any atom is 0.140 e. The minimum Gasteiger partial charge on any atom is -0.492 e. The van der Waals surface area contributed by atoms with Crippen molar-refractivity contribution < 1.29 is 4.74 Å². The summed E-state index contributed by atoms with van der Waals surface area (Å²) in [6, 6.07) is 4.11. The number of hydrogen-bond donors (Lipinski definition) is 1. The molecule has 0 spiro atoms. The highest BCUT2D eigenvalue weighted by Gasteiger charge is 2.11. The highest BCUT2D eigenvalue weighted by molar-refractivity contribution is 9.11. The van der Waals surface area contributed by atoms with Gasteiger partial charge in [-0.15, -0.1) is 0 Å². The van der Waals surface area contributed by atoms with E-state index in [1.807, 2.05) is 13.0 Å². The van der Waals surface area contributed by atoms with Crippen LogP contribution in [0.15, 0.2) is 26.7 Å². The second kappa shape index (κ2) is 8.35. The van der Waals surface area contributed by atoms with Crippen LogP contribution in [0.1, 0.15) is 46.6 Å². The quantitative estimate of drug-likeness (QED) is 0.630. The van der Waals surface area contributed by atoms with E-state index in [2.05, 4.69) is 77.0 Å². The molecule has 0 saturated carbocycles. The lowest BCUT2D eigenvalue weighted by Crippen LogP contribution is -2.36. The second-order valence-electron chi connectivity index (χ2n) is 6.00. The van der Waals surface area contributed by atoms with Gasteiger partial charge in [0.2, 0.25) is 0 Å². The fraction of sp³-hybridized carbons (Fsp3) is 0.529. The van der Waals surface area contributed by atoms with E-state index in [1.54, 1.807) is 0 Å². The van der Waals surface area contributed by atoms with E-state index in [9.17, 15) is 0 Å². The van der Waals surface area contributed by atoms with Gasteiger partial charge in [-0.1, -0.05) is 34.5 Å². The molecule has 118 valence electrons. The summed E-state index contributed by atoms with van der Waals surface area (Å²) in [5, 5.41) is 3.54. The van der Waals surface area contributed by atoms with Crippen molar-refractivity contribution in [2.75, 3.05) is 13.2 Å². The Morgan fingerprint density at radius 3 is 2.43 bits per heavy atom. The topological polar surface area (TPSA) is 21.3 Å². The highest BCUT2D eigenvalue weighted by atomic mass is 79.9. The minimum absolute atomic E-state index is 0.120. The van der Waals surface area contributed by atoms with Gasteiger partial charge in [-0.25, -0.2) is 0 Å². The molecule has 0 aliphatic carbocycles. The van der Waals surface area contributed by atoms with Crippen LogP contribution in [0.4, 0.5) is 0 Å². The van der Waals surface area contributed by atoms with Crippen LogP contribution in [0.25, 0.3) is 6.08 Å². The van der Waals surface area contributed by atoms with Crippen molar-refractivity contribution in [2.24, 2.45) is 0 Å². The zero-order chi connectivity index (χ0) is 16.0. The van der Waals surface area contributed by atoms with Gasteiger partial charge in [0.05, 0.1) is 11.1 Å². The summed E-state index contributed by atoms with van der Waals surface area (Å²) in [6.45, 7) is 12.3. The summed E-state index contributed by atoms with van der Waals surface area (Å²) in [7, 11) is 0. The predicted molar refractivity (Wildman–Crippen MR) is 99.0 cm³/mol. The molecule has 0 heterocycles. The molecule has 1 rings (SSSR count). The standard InChI is InChI=1S/C17H25Br2NO/c1-6-12(11-20-17(3,4)5)8-13-9-14(18)10-15(19)16(13)21-7-2/h8-10,20H,6-7,11H2,1-5H3. The Bertz CT molecular complexity index is 504. The molecule has 1 aromatic carbocycles. The lowest BCUT2D eigenvalue weighted by molar-refractivity contribution is 0.337. The molecule has 0 radical (unpaired) electrons. The van der Waals surface area contributed by atoms with E-state index in [0.717, 1.165) is 33.2 Å². The van der Waals surface area contributed by atoms with Crippen LogP contribution < -0.4 is 10.1 Å². The number of benzene rings is 1. The van der Waals surface area contributed by atoms with Crippen LogP contribution in [0.2, 0.25) is 0 Å². The van der Waals surface area contributed by atoms with E-state index < -0.39 is 0 Å². The molecule has 0 saturated heterocycles. The van der Waals surface area contributed by atoms with Gasteiger partial charge < -0.3 is 10.1 Å². The Labute approximate surface area is 145 Å². The summed E-state index contributed by atoms with van der Waals surface area (Å²) >= 11 is 7.13. The minimum atomic E-state index is 0.120. The molecule has 0 aliphatic rings. The van der Waals surface area contributed by atoms with E-state index in [0.29, 0.717) is 6.61 Å². The van der Waals surface area contributed by atoms with Crippen molar-refractivity contribution in [3.05, 3.63) is 32.2 Å². The van der Waals surface area contributed by atoms with Gasteiger partial charge in [-0.3, -0.25) is 0 Å². The Morgan fingerprint density at radius 1 is 1.24 bits per heavy atom. The maximum absolute atomic E-state index is 5.78. The van der Waals surface area contributed by atoms with E-state index in [1.165, 1.54) is 5.57 Å². The van der Waals surface area contributed by atoms with Crippen LogP contribution >= 0.6 is 31.9 Å². The Morgan fingerprint density at radius 2 is 1.90 bits per heavy atom. The zero-order valence-electron chi connectivity index (χ0n) is 13.5. The van der Waals surface area contributed by atoms with Crippen LogP contribution in [0.3, 0.4) is 0 Å². The summed E-state index contributed by atoms with van der Waals surface area (Å²) in [6.07, 6.45) is 3.23. The molecule has 2 nitrogen and oxygen atoms in total. The van der Waals surface area contributed by atoms with Crippen molar-refractivity contribution in [3.8, 4) is 5.75 Å². The average Bonchev–Trinajstić information content (AvgIpc) is 2.37. The Kier molecular flexibility index (Phi) is 7.45. The fourth-order valence-electron chi connectivity index (χ4n) is 1.86. The zero-order valence-corrected chi connectivity index (χ0v) is 16.7. The Balaban J connectivity index is 3.09. The SMILES string of the molecule is CCOc1c(Br)cc(Br)cc1C=C(CC)CNC(C)(C)C. The van der Waals surface area contributed by atoms with Crippen LogP contribution in [0.5, 0.6) is 5.75 Å². The first kappa shape index (κ1) is 18.7. The van der Waals surface area contributed by atoms with Gasteiger partial charge in [0.1, 0.15) is 5.75 Å². The molecule has 0 bridgehead atoms. The molecule has 0 fully saturated rings. The normalized spacial score (nSPS) is 12.6. The number of halogens is 2. The molecule has 0 unspecified atom stereocenters. The predicted octanol–water partition coefficient (Wildman–Crippen LogP) is 5.79. The number of nitrogens with one attached hydrogen (secondary N) is 1. The summed E-state index contributed by atoms with van der Waals surface area (Å²) < 4.78 is 7.80. The van der Waals surface area contributed by atoms with Crippen LogP contribution in [-0.4, -0.2) is 18.7 Å². The first-order valence-corrected chi connectivity index (χ1v) is 8.91. The smallest absolute Gasteiger partial charge is 0.140 e. The monoisotopic (exact) mass is 417 g/mol. The second-order valence-corrected chi connectivity index (χ2v) is 7.77. The molecule has 1 N–H and O–H groups in total.